The molecule has 0 saturated heterocycles. The summed E-state index contributed by atoms with van der Waals surface area (Å²) >= 11 is 0. The minimum absolute atomic E-state index is 0.320. The minimum Gasteiger partial charge on any atom is -0.493 e. The Morgan fingerprint density at radius 1 is 1.28 bits per heavy atom. The van der Waals surface area contributed by atoms with Gasteiger partial charge < -0.3 is 9.15 Å². The van der Waals surface area contributed by atoms with Crippen LogP contribution in [0.4, 0.5) is 0 Å². The molecule has 2 rings (SSSR count). The summed E-state index contributed by atoms with van der Waals surface area (Å²) in [4.78, 5) is 11.3. The van der Waals surface area contributed by atoms with Crippen molar-refractivity contribution in [3.63, 3.8) is 0 Å². The first-order valence-electron chi connectivity index (χ1n) is 6.23. The first kappa shape index (κ1) is 12.7. The summed E-state index contributed by atoms with van der Waals surface area (Å²) in [5.41, 5.74) is 1.19. The highest BCUT2D eigenvalue weighted by atomic mass is 16.5. The summed E-state index contributed by atoms with van der Waals surface area (Å²) in [5, 5.41) is 0.950. The maximum Gasteiger partial charge on any atom is 0.336 e. The van der Waals surface area contributed by atoms with Gasteiger partial charge in [-0.1, -0.05) is 13.8 Å². The Hall–Kier alpha value is -1.77. The average Bonchev–Trinajstić information content (AvgIpc) is 2.27. The number of hydrogen-bond donors (Lipinski definition) is 0. The lowest BCUT2D eigenvalue weighted by atomic mass is 10.1. The Morgan fingerprint density at radius 3 is 2.78 bits per heavy atom. The molecule has 3 nitrogen and oxygen atoms in total. The van der Waals surface area contributed by atoms with Crippen LogP contribution in [0, 0.1) is 12.8 Å². The average molecular weight is 246 g/mol. The third kappa shape index (κ3) is 2.92. The topological polar surface area (TPSA) is 39.4 Å². The van der Waals surface area contributed by atoms with E-state index in [1.54, 1.807) is 6.07 Å². The fourth-order valence-corrected chi connectivity index (χ4v) is 1.81. The SMILES string of the molecule is Cc1cc(=O)oc2cc(OCCC(C)C)ccc12. The molecule has 1 aromatic carbocycles. The Morgan fingerprint density at radius 2 is 2.06 bits per heavy atom. The molecular weight excluding hydrogens is 228 g/mol. The van der Waals surface area contributed by atoms with Crippen LogP contribution < -0.4 is 10.4 Å². The van der Waals surface area contributed by atoms with E-state index >= 15 is 0 Å². The van der Waals surface area contributed by atoms with Crippen molar-refractivity contribution in [2.45, 2.75) is 27.2 Å². The predicted octanol–water partition coefficient (Wildman–Crippen LogP) is 3.53. The second kappa shape index (κ2) is 5.25. The van der Waals surface area contributed by atoms with Gasteiger partial charge in [-0.3, -0.25) is 0 Å². The smallest absolute Gasteiger partial charge is 0.336 e. The van der Waals surface area contributed by atoms with Crippen molar-refractivity contribution in [3.8, 4) is 5.75 Å². The van der Waals surface area contributed by atoms with E-state index in [0.29, 0.717) is 18.1 Å². The van der Waals surface area contributed by atoms with Crippen LogP contribution in [0.5, 0.6) is 5.75 Å². The molecule has 0 unspecified atom stereocenters. The molecule has 0 N–H and O–H groups in total. The lowest BCUT2D eigenvalue weighted by molar-refractivity contribution is 0.289. The van der Waals surface area contributed by atoms with Gasteiger partial charge in [0, 0.05) is 17.5 Å². The van der Waals surface area contributed by atoms with Crippen LogP contribution in [0.25, 0.3) is 11.0 Å². The molecule has 1 aromatic heterocycles. The molecule has 0 amide bonds. The predicted molar refractivity (Wildman–Crippen MR) is 72.2 cm³/mol. The van der Waals surface area contributed by atoms with Crippen LogP contribution in [0.1, 0.15) is 25.8 Å². The molecular formula is C15H18O3. The zero-order valence-corrected chi connectivity index (χ0v) is 11.0. The third-order valence-corrected chi connectivity index (χ3v) is 2.89. The van der Waals surface area contributed by atoms with Crippen molar-refractivity contribution in [3.05, 3.63) is 40.2 Å². The summed E-state index contributed by atoms with van der Waals surface area (Å²) in [6.07, 6.45) is 1.01. The monoisotopic (exact) mass is 246 g/mol. The molecule has 0 atom stereocenters. The van der Waals surface area contributed by atoms with Crippen molar-refractivity contribution in [2.75, 3.05) is 6.61 Å². The van der Waals surface area contributed by atoms with Gasteiger partial charge in [-0.15, -0.1) is 0 Å². The molecule has 0 aliphatic rings. The van der Waals surface area contributed by atoms with Gasteiger partial charge in [0.2, 0.25) is 0 Å². The lowest BCUT2D eigenvalue weighted by Crippen LogP contribution is -2.02. The van der Waals surface area contributed by atoms with Crippen LogP contribution in [0.15, 0.2) is 33.5 Å². The maximum absolute atomic E-state index is 11.3. The second-order valence-corrected chi connectivity index (χ2v) is 4.94. The summed E-state index contributed by atoms with van der Waals surface area (Å²) in [6.45, 7) is 6.90. The van der Waals surface area contributed by atoms with E-state index in [0.717, 1.165) is 23.1 Å². The van der Waals surface area contributed by atoms with Crippen molar-refractivity contribution < 1.29 is 9.15 Å². The van der Waals surface area contributed by atoms with Gasteiger partial charge in [0.15, 0.2) is 0 Å². The maximum atomic E-state index is 11.3. The lowest BCUT2D eigenvalue weighted by Gasteiger charge is -2.08. The molecule has 18 heavy (non-hydrogen) atoms. The van der Waals surface area contributed by atoms with Crippen LogP contribution in [0.3, 0.4) is 0 Å². The van der Waals surface area contributed by atoms with E-state index < -0.39 is 0 Å². The van der Waals surface area contributed by atoms with Crippen molar-refractivity contribution in [2.24, 2.45) is 5.92 Å². The Labute approximate surface area is 106 Å². The van der Waals surface area contributed by atoms with Gasteiger partial charge in [-0.25, -0.2) is 4.79 Å². The van der Waals surface area contributed by atoms with Crippen LogP contribution in [-0.4, -0.2) is 6.61 Å². The number of aryl methyl sites for hydroxylation is 1. The molecule has 0 radical (unpaired) electrons. The first-order chi connectivity index (χ1) is 8.56. The van der Waals surface area contributed by atoms with E-state index in [1.807, 2.05) is 19.1 Å². The van der Waals surface area contributed by atoms with E-state index in [4.69, 9.17) is 9.15 Å². The largest absolute Gasteiger partial charge is 0.493 e. The fraction of sp³-hybridized carbons (Fsp3) is 0.400. The number of rotatable bonds is 4. The fourth-order valence-electron chi connectivity index (χ4n) is 1.81. The van der Waals surface area contributed by atoms with Gasteiger partial charge in [-0.2, -0.15) is 0 Å². The Balaban J connectivity index is 2.24. The van der Waals surface area contributed by atoms with Crippen LogP contribution >= 0.6 is 0 Å². The van der Waals surface area contributed by atoms with E-state index in [9.17, 15) is 4.79 Å². The van der Waals surface area contributed by atoms with Gasteiger partial charge in [-0.05, 0) is 37.0 Å². The summed E-state index contributed by atoms with van der Waals surface area (Å²) < 4.78 is 10.8. The van der Waals surface area contributed by atoms with Crippen molar-refractivity contribution >= 4 is 11.0 Å². The minimum atomic E-state index is -0.320. The molecule has 0 saturated carbocycles. The molecule has 96 valence electrons. The van der Waals surface area contributed by atoms with Crippen molar-refractivity contribution in [1.82, 2.24) is 0 Å². The second-order valence-electron chi connectivity index (χ2n) is 4.94. The zero-order valence-electron chi connectivity index (χ0n) is 11.0. The number of hydrogen-bond acceptors (Lipinski definition) is 3. The highest BCUT2D eigenvalue weighted by Crippen LogP contribution is 2.22. The quantitative estimate of drug-likeness (QED) is 0.775. The molecule has 1 heterocycles. The molecule has 2 aromatic rings. The molecule has 0 bridgehead atoms. The van der Waals surface area contributed by atoms with E-state index in [-0.39, 0.29) is 5.63 Å². The molecule has 0 spiro atoms. The summed E-state index contributed by atoms with van der Waals surface area (Å²) in [7, 11) is 0. The Kier molecular flexibility index (Phi) is 3.70. The van der Waals surface area contributed by atoms with E-state index in [1.165, 1.54) is 6.07 Å². The van der Waals surface area contributed by atoms with E-state index in [2.05, 4.69) is 13.8 Å². The number of benzene rings is 1. The van der Waals surface area contributed by atoms with Crippen LogP contribution in [0.2, 0.25) is 0 Å². The zero-order chi connectivity index (χ0) is 13.1. The molecule has 0 aliphatic heterocycles. The number of ether oxygens (including phenoxy) is 1. The highest BCUT2D eigenvalue weighted by molar-refractivity contribution is 5.81. The first-order valence-corrected chi connectivity index (χ1v) is 6.23. The molecule has 0 fully saturated rings. The van der Waals surface area contributed by atoms with Gasteiger partial charge in [0.1, 0.15) is 11.3 Å². The van der Waals surface area contributed by atoms with Gasteiger partial charge in [0.25, 0.3) is 0 Å². The standard InChI is InChI=1S/C15H18O3/c1-10(2)6-7-17-12-4-5-13-11(3)8-15(16)18-14(13)9-12/h4-5,8-10H,6-7H2,1-3H3. The number of fused-ring (bicyclic) bond motifs is 1. The van der Waals surface area contributed by atoms with Gasteiger partial charge in [0.05, 0.1) is 6.61 Å². The summed E-state index contributed by atoms with van der Waals surface area (Å²) in [5.74, 6) is 1.36. The highest BCUT2D eigenvalue weighted by Gasteiger charge is 2.04. The normalized spacial score (nSPS) is 11.1. The van der Waals surface area contributed by atoms with Gasteiger partial charge >= 0.3 is 5.63 Å². The summed E-state index contributed by atoms with van der Waals surface area (Å²) in [6, 6.07) is 7.12. The Bertz CT molecular complexity index is 596. The third-order valence-electron chi connectivity index (χ3n) is 2.89. The molecule has 0 aliphatic carbocycles. The molecule has 3 heteroatoms. The van der Waals surface area contributed by atoms with Crippen LogP contribution in [-0.2, 0) is 0 Å². The van der Waals surface area contributed by atoms with Crippen molar-refractivity contribution in [1.29, 1.82) is 0 Å².